The van der Waals surface area contributed by atoms with Gasteiger partial charge < -0.3 is 14.8 Å². The number of fused-ring (bicyclic) bond motifs is 2. The number of ether oxygens (including phenoxy) is 2. The van der Waals surface area contributed by atoms with Gasteiger partial charge in [-0.05, 0) is 30.2 Å². The second kappa shape index (κ2) is 7.88. The van der Waals surface area contributed by atoms with Gasteiger partial charge in [-0.3, -0.25) is 14.2 Å². The number of nitrogens with one attached hydrogen (secondary N) is 1. The van der Waals surface area contributed by atoms with Gasteiger partial charge >= 0.3 is 0 Å². The first-order valence-electron chi connectivity index (χ1n) is 9.81. The molecular formula is C23H19N3O4S. The summed E-state index contributed by atoms with van der Waals surface area (Å²) in [6.45, 7) is 1.97. The van der Waals surface area contributed by atoms with Crippen molar-refractivity contribution in [2.24, 2.45) is 0 Å². The van der Waals surface area contributed by atoms with Crippen molar-refractivity contribution in [2.45, 2.75) is 19.5 Å². The van der Waals surface area contributed by atoms with Crippen LogP contribution in [-0.4, -0.2) is 22.3 Å². The lowest BCUT2D eigenvalue weighted by Crippen LogP contribution is -2.33. The summed E-state index contributed by atoms with van der Waals surface area (Å²) < 4.78 is 12.1. The second-order valence-corrected chi connectivity index (χ2v) is 8.13. The number of nitrogens with zero attached hydrogens (tertiary/aromatic N) is 2. The van der Waals surface area contributed by atoms with Gasteiger partial charge in [-0.1, -0.05) is 36.4 Å². The van der Waals surface area contributed by atoms with Gasteiger partial charge in [0.2, 0.25) is 12.7 Å². The Labute approximate surface area is 181 Å². The zero-order chi connectivity index (χ0) is 21.4. The molecule has 0 saturated carbocycles. The Balaban J connectivity index is 1.37. The van der Waals surface area contributed by atoms with E-state index in [1.807, 2.05) is 60.8 Å². The average molecular weight is 433 g/mol. The molecule has 7 nitrogen and oxygen atoms in total. The molecule has 0 bridgehead atoms. The van der Waals surface area contributed by atoms with Crippen LogP contribution in [0, 0.1) is 0 Å². The van der Waals surface area contributed by atoms with E-state index in [1.54, 1.807) is 0 Å². The van der Waals surface area contributed by atoms with Crippen molar-refractivity contribution < 1.29 is 14.3 Å². The maximum Gasteiger partial charge on any atom is 0.263 e. The van der Waals surface area contributed by atoms with E-state index in [0.717, 1.165) is 16.7 Å². The Bertz CT molecular complexity index is 1330. The average Bonchev–Trinajstić information content (AvgIpc) is 3.43. The van der Waals surface area contributed by atoms with Gasteiger partial charge in [-0.25, -0.2) is 4.98 Å². The molecule has 8 heteroatoms. The minimum Gasteiger partial charge on any atom is -0.454 e. The van der Waals surface area contributed by atoms with E-state index < -0.39 is 0 Å². The summed E-state index contributed by atoms with van der Waals surface area (Å²) in [5.74, 6) is 1.08. The lowest BCUT2D eigenvalue weighted by molar-refractivity contribution is -0.122. The predicted molar refractivity (Wildman–Crippen MR) is 118 cm³/mol. The van der Waals surface area contributed by atoms with Crippen molar-refractivity contribution in [1.29, 1.82) is 0 Å². The summed E-state index contributed by atoms with van der Waals surface area (Å²) in [5, 5.41) is 5.40. The summed E-state index contributed by atoms with van der Waals surface area (Å²) in [5.41, 5.74) is 2.45. The Morgan fingerprint density at radius 2 is 2.00 bits per heavy atom. The van der Waals surface area contributed by atoms with Crippen molar-refractivity contribution in [1.82, 2.24) is 14.9 Å². The Morgan fingerprint density at radius 1 is 1.19 bits per heavy atom. The highest BCUT2D eigenvalue weighted by atomic mass is 32.1. The van der Waals surface area contributed by atoms with Gasteiger partial charge in [0, 0.05) is 10.9 Å². The number of carbonyl (C=O) groups is 1. The van der Waals surface area contributed by atoms with Gasteiger partial charge in [0.15, 0.2) is 11.5 Å². The van der Waals surface area contributed by atoms with E-state index in [9.17, 15) is 9.59 Å². The zero-order valence-corrected chi connectivity index (χ0v) is 17.5. The first-order valence-corrected chi connectivity index (χ1v) is 10.7. The van der Waals surface area contributed by atoms with E-state index in [-0.39, 0.29) is 30.8 Å². The number of carbonyl (C=O) groups excluding carboxylic acids is 1. The SMILES string of the molecule is CC(NC(=O)Cn1cnc2scc(-c3ccccc3)c2c1=O)c1ccc2c(c1)OCO2. The van der Waals surface area contributed by atoms with Crippen LogP contribution in [0.5, 0.6) is 11.5 Å². The maximum atomic E-state index is 13.1. The van der Waals surface area contributed by atoms with Gasteiger partial charge in [0.25, 0.3) is 5.56 Å². The number of benzene rings is 2. The third kappa shape index (κ3) is 3.66. The van der Waals surface area contributed by atoms with E-state index in [1.165, 1.54) is 22.2 Å². The van der Waals surface area contributed by atoms with Crippen LogP contribution in [-0.2, 0) is 11.3 Å². The van der Waals surface area contributed by atoms with Crippen molar-refractivity contribution in [3.05, 3.63) is 76.2 Å². The number of aromatic nitrogens is 2. The normalized spacial score (nSPS) is 13.3. The minimum absolute atomic E-state index is 0.110. The third-order valence-electron chi connectivity index (χ3n) is 5.23. The van der Waals surface area contributed by atoms with Crippen LogP contribution >= 0.6 is 11.3 Å². The molecule has 5 rings (SSSR count). The molecule has 0 fully saturated rings. The third-order valence-corrected chi connectivity index (χ3v) is 6.12. The highest BCUT2D eigenvalue weighted by Gasteiger charge is 2.18. The first kappa shape index (κ1) is 19.3. The molecule has 1 aliphatic heterocycles. The summed E-state index contributed by atoms with van der Waals surface area (Å²) in [6, 6.07) is 15.0. The fourth-order valence-corrected chi connectivity index (χ4v) is 4.52. The monoisotopic (exact) mass is 433 g/mol. The molecular weight excluding hydrogens is 414 g/mol. The molecule has 0 spiro atoms. The fraction of sp³-hybridized carbons (Fsp3) is 0.174. The van der Waals surface area contributed by atoms with Crippen molar-refractivity contribution in [3.63, 3.8) is 0 Å². The van der Waals surface area contributed by atoms with Crippen LogP contribution in [0.25, 0.3) is 21.3 Å². The molecule has 1 unspecified atom stereocenters. The topological polar surface area (TPSA) is 82.5 Å². The lowest BCUT2D eigenvalue weighted by Gasteiger charge is -2.15. The largest absolute Gasteiger partial charge is 0.454 e. The standard InChI is InChI=1S/C23H19N3O4S/c1-14(16-7-8-18-19(9-16)30-13-29-18)25-20(27)10-26-12-24-22-21(23(26)28)17(11-31-22)15-5-3-2-4-6-15/h2-9,11-12,14H,10,13H2,1H3,(H,25,27). The van der Waals surface area contributed by atoms with Crippen molar-refractivity contribution >= 4 is 27.5 Å². The number of hydrogen-bond acceptors (Lipinski definition) is 6. The second-order valence-electron chi connectivity index (χ2n) is 7.28. The molecule has 2 aromatic heterocycles. The molecule has 1 atom stereocenters. The molecule has 0 radical (unpaired) electrons. The lowest BCUT2D eigenvalue weighted by atomic mass is 10.1. The summed E-state index contributed by atoms with van der Waals surface area (Å²) >= 11 is 1.42. The predicted octanol–water partition coefficient (Wildman–Crippen LogP) is 3.73. The number of rotatable bonds is 5. The molecule has 156 valence electrons. The molecule has 0 saturated heterocycles. The fourth-order valence-electron chi connectivity index (χ4n) is 3.62. The van der Waals surface area contributed by atoms with Crippen molar-refractivity contribution in [3.8, 4) is 22.6 Å². The molecule has 2 aromatic carbocycles. The van der Waals surface area contributed by atoms with Gasteiger partial charge in [0.05, 0.1) is 17.8 Å². The summed E-state index contributed by atoms with van der Waals surface area (Å²) in [6.07, 6.45) is 1.43. The summed E-state index contributed by atoms with van der Waals surface area (Å²) in [7, 11) is 0. The molecule has 31 heavy (non-hydrogen) atoms. The first-order chi connectivity index (χ1) is 15.1. The minimum atomic E-state index is -0.273. The maximum absolute atomic E-state index is 13.1. The Morgan fingerprint density at radius 3 is 2.84 bits per heavy atom. The highest BCUT2D eigenvalue weighted by molar-refractivity contribution is 7.17. The number of amides is 1. The molecule has 1 aliphatic rings. The van der Waals surface area contributed by atoms with Crippen LogP contribution in [0.1, 0.15) is 18.5 Å². The highest BCUT2D eigenvalue weighted by Crippen LogP contribution is 2.34. The quantitative estimate of drug-likeness (QED) is 0.519. The van der Waals surface area contributed by atoms with Gasteiger partial charge in [-0.2, -0.15) is 0 Å². The van der Waals surface area contributed by atoms with Crippen LogP contribution < -0.4 is 20.3 Å². The van der Waals surface area contributed by atoms with E-state index in [0.29, 0.717) is 21.7 Å². The molecule has 3 heterocycles. The molecule has 4 aromatic rings. The number of thiophene rings is 1. The van der Waals surface area contributed by atoms with Gasteiger partial charge in [-0.15, -0.1) is 11.3 Å². The zero-order valence-electron chi connectivity index (χ0n) is 16.7. The Hall–Kier alpha value is -3.65. The van der Waals surface area contributed by atoms with Gasteiger partial charge in [0.1, 0.15) is 11.4 Å². The van der Waals surface area contributed by atoms with Crippen LogP contribution in [0.4, 0.5) is 0 Å². The van der Waals surface area contributed by atoms with E-state index in [2.05, 4.69) is 10.3 Å². The molecule has 1 N–H and O–H groups in total. The van der Waals surface area contributed by atoms with Crippen LogP contribution in [0.3, 0.4) is 0 Å². The Kier molecular flexibility index (Phi) is 4.91. The van der Waals surface area contributed by atoms with Crippen LogP contribution in [0.15, 0.2) is 65.0 Å². The number of hydrogen-bond donors (Lipinski definition) is 1. The van der Waals surface area contributed by atoms with E-state index >= 15 is 0 Å². The molecule has 0 aliphatic carbocycles. The smallest absolute Gasteiger partial charge is 0.263 e. The van der Waals surface area contributed by atoms with Crippen molar-refractivity contribution in [2.75, 3.05) is 6.79 Å². The molecule has 1 amide bonds. The summed E-state index contributed by atoms with van der Waals surface area (Å²) in [4.78, 5) is 30.8. The van der Waals surface area contributed by atoms with E-state index in [4.69, 9.17) is 9.47 Å². The van der Waals surface area contributed by atoms with Crippen LogP contribution in [0.2, 0.25) is 0 Å².